The number of nitrogens with zero attached hydrogens (tertiary/aromatic N) is 2. The molecular formula is C11H14N4O4S. The van der Waals surface area contributed by atoms with Gasteiger partial charge in [-0.3, -0.25) is 10.1 Å². The lowest BCUT2D eigenvalue weighted by Gasteiger charge is -2.07. The van der Waals surface area contributed by atoms with Crippen molar-refractivity contribution in [1.82, 2.24) is 4.72 Å². The van der Waals surface area contributed by atoms with Gasteiger partial charge in [-0.05, 0) is 18.6 Å². The average molecular weight is 298 g/mol. The smallest absolute Gasteiger partial charge is 0.292 e. The SMILES string of the molecule is CS(=O)(=O)NCCCNc1cc(C#N)ccc1[N+](=O)[O-]. The second-order valence-electron chi connectivity index (χ2n) is 4.05. The van der Waals surface area contributed by atoms with Crippen LogP contribution in [0.4, 0.5) is 11.4 Å². The van der Waals surface area contributed by atoms with E-state index in [0.29, 0.717) is 18.5 Å². The summed E-state index contributed by atoms with van der Waals surface area (Å²) in [5, 5.41) is 22.4. The molecule has 2 N–H and O–H groups in total. The number of nitro benzene ring substituents is 1. The van der Waals surface area contributed by atoms with E-state index in [9.17, 15) is 18.5 Å². The molecule has 0 unspecified atom stereocenters. The summed E-state index contributed by atoms with van der Waals surface area (Å²) in [6.07, 6.45) is 1.52. The maximum atomic E-state index is 10.8. The fourth-order valence-electron chi connectivity index (χ4n) is 1.48. The maximum Gasteiger partial charge on any atom is 0.292 e. The second-order valence-corrected chi connectivity index (χ2v) is 5.88. The maximum absolute atomic E-state index is 10.8. The molecule has 20 heavy (non-hydrogen) atoms. The van der Waals surface area contributed by atoms with Gasteiger partial charge in [-0.2, -0.15) is 5.26 Å². The number of nitrogens with one attached hydrogen (secondary N) is 2. The third-order valence-corrected chi connectivity index (χ3v) is 3.08. The van der Waals surface area contributed by atoms with Gasteiger partial charge in [0, 0.05) is 19.2 Å². The summed E-state index contributed by atoms with van der Waals surface area (Å²) in [7, 11) is -3.23. The fraction of sp³-hybridized carbons (Fsp3) is 0.364. The number of anilines is 1. The summed E-state index contributed by atoms with van der Waals surface area (Å²) in [4.78, 5) is 10.3. The first-order valence-electron chi connectivity index (χ1n) is 5.70. The van der Waals surface area contributed by atoms with Gasteiger partial charge >= 0.3 is 0 Å². The Morgan fingerprint density at radius 2 is 2.10 bits per heavy atom. The van der Waals surface area contributed by atoms with Crippen LogP contribution in [0.5, 0.6) is 0 Å². The zero-order valence-corrected chi connectivity index (χ0v) is 11.6. The normalized spacial score (nSPS) is 10.8. The van der Waals surface area contributed by atoms with Crippen molar-refractivity contribution in [1.29, 1.82) is 5.26 Å². The molecular weight excluding hydrogens is 284 g/mol. The monoisotopic (exact) mass is 298 g/mol. The first kappa shape index (κ1) is 15.9. The van der Waals surface area contributed by atoms with Crippen LogP contribution in [0.1, 0.15) is 12.0 Å². The summed E-state index contributed by atoms with van der Waals surface area (Å²) in [5.41, 5.74) is 0.431. The highest BCUT2D eigenvalue weighted by Crippen LogP contribution is 2.25. The highest BCUT2D eigenvalue weighted by Gasteiger charge is 2.13. The van der Waals surface area contributed by atoms with Crippen molar-refractivity contribution in [3.8, 4) is 6.07 Å². The van der Waals surface area contributed by atoms with E-state index >= 15 is 0 Å². The second kappa shape index (κ2) is 6.83. The number of benzene rings is 1. The van der Waals surface area contributed by atoms with Crippen molar-refractivity contribution in [3.05, 3.63) is 33.9 Å². The van der Waals surface area contributed by atoms with Gasteiger partial charge in [-0.25, -0.2) is 13.1 Å². The van der Waals surface area contributed by atoms with Crippen LogP contribution in [-0.4, -0.2) is 32.7 Å². The number of hydrogen-bond donors (Lipinski definition) is 2. The summed E-state index contributed by atoms with van der Waals surface area (Å²) in [6.45, 7) is 0.579. The summed E-state index contributed by atoms with van der Waals surface area (Å²) >= 11 is 0. The summed E-state index contributed by atoms with van der Waals surface area (Å²) in [6, 6.07) is 5.92. The van der Waals surface area contributed by atoms with E-state index in [-0.39, 0.29) is 17.9 Å². The third-order valence-electron chi connectivity index (χ3n) is 2.36. The number of nitro groups is 1. The standard InChI is InChI=1S/C11H14N4O4S/c1-20(18,19)14-6-2-5-13-10-7-9(8-12)3-4-11(10)15(16)17/h3-4,7,13-14H,2,5-6H2,1H3. The largest absolute Gasteiger partial charge is 0.379 e. The van der Waals surface area contributed by atoms with Crippen molar-refractivity contribution < 1.29 is 13.3 Å². The lowest BCUT2D eigenvalue weighted by atomic mass is 10.2. The first-order valence-corrected chi connectivity index (χ1v) is 7.59. The Morgan fingerprint density at radius 3 is 2.65 bits per heavy atom. The predicted octanol–water partition coefficient (Wildman–Crippen LogP) is 0.818. The van der Waals surface area contributed by atoms with Gasteiger partial charge in [0.15, 0.2) is 0 Å². The minimum Gasteiger partial charge on any atom is -0.379 e. The van der Waals surface area contributed by atoms with Crippen LogP contribution in [0.3, 0.4) is 0 Å². The number of sulfonamides is 1. The number of nitriles is 1. The zero-order chi connectivity index (χ0) is 15.2. The Kier molecular flexibility index (Phi) is 5.42. The van der Waals surface area contributed by atoms with Crippen LogP contribution >= 0.6 is 0 Å². The third kappa shape index (κ3) is 5.21. The predicted molar refractivity (Wildman–Crippen MR) is 73.8 cm³/mol. The molecule has 0 saturated carbocycles. The average Bonchev–Trinajstić information content (AvgIpc) is 2.36. The van der Waals surface area contributed by atoms with Crippen molar-refractivity contribution >= 4 is 21.4 Å². The van der Waals surface area contributed by atoms with E-state index in [1.54, 1.807) is 0 Å². The van der Waals surface area contributed by atoms with Gasteiger partial charge < -0.3 is 5.32 Å². The van der Waals surface area contributed by atoms with Crippen LogP contribution in [0.25, 0.3) is 0 Å². The Hall–Kier alpha value is -2.18. The van der Waals surface area contributed by atoms with E-state index in [1.807, 2.05) is 6.07 Å². The number of rotatable bonds is 7. The minimum atomic E-state index is -3.23. The van der Waals surface area contributed by atoms with Crippen LogP contribution in [0.15, 0.2) is 18.2 Å². The van der Waals surface area contributed by atoms with Crippen LogP contribution in [0.2, 0.25) is 0 Å². The molecule has 0 fully saturated rings. The van der Waals surface area contributed by atoms with Gasteiger partial charge in [0.05, 0.1) is 22.8 Å². The van der Waals surface area contributed by atoms with Crippen molar-refractivity contribution in [3.63, 3.8) is 0 Å². The quantitative estimate of drug-likeness (QED) is 0.436. The lowest BCUT2D eigenvalue weighted by molar-refractivity contribution is -0.384. The molecule has 1 aromatic carbocycles. The molecule has 0 atom stereocenters. The molecule has 0 aliphatic carbocycles. The van der Waals surface area contributed by atoms with E-state index < -0.39 is 14.9 Å². The molecule has 0 bridgehead atoms. The van der Waals surface area contributed by atoms with Gasteiger partial charge in [0.25, 0.3) is 5.69 Å². The molecule has 0 radical (unpaired) electrons. The Labute approximate surface area is 116 Å². The molecule has 0 amide bonds. The molecule has 8 nitrogen and oxygen atoms in total. The molecule has 0 saturated heterocycles. The highest BCUT2D eigenvalue weighted by atomic mass is 32.2. The topological polar surface area (TPSA) is 125 Å². The molecule has 108 valence electrons. The summed E-state index contributed by atoms with van der Waals surface area (Å²) < 4.78 is 24.0. The van der Waals surface area contributed by atoms with Gasteiger partial charge in [-0.15, -0.1) is 0 Å². The Balaban J connectivity index is 2.63. The molecule has 0 spiro atoms. The number of hydrogen-bond acceptors (Lipinski definition) is 6. The van der Waals surface area contributed by atoms with E-state index in [1.165, 1.54) is 18.2 Å². The molecule has 9 heteroatoms. The Bertz CT molecular complexity index is 636. The fourth-order valence-corrected chi connectivity index (χ4v) is 1.99. The van der Waals surface area contributed by atoms with Crippen molar-refractivity contribution in [2.45, 2.75) is 6.42 Å². The molecule has 1 rings (SSSR count). The van der Waals surface area contributed by atoms with E-state index in [0.717, 1.165) is 6.26 Å². The molecule has 0 heterocycles. The molecule has 0 aliphatic rings. The van der Waals surface area contributed by atoms with Crippen LogP contribution in [-0.2, 0) is 10.0 Å². The lowest BCUT2D eigenvalue weighted by Crippen LogP contribution is -2.24. The molecule has 1 aromatic rings. The summed E-state index contributed by atoms with van der Waals surface area (Å²) in [5.74, 6) is 0. The first-order chi connectivity index (χ1) is 9.33. The minimum absolute atomic E-state index is 0.125. The highest BCUT2D eigenvalue weighted by molar-refractivity contribution is 7.88. The van der Waals surface area contributed by atoms with Crippen LogP contribution in [0, 0.1) is 21.4 Å². The van der Waals surface area contributed by atoms with Gasteiger partial charge in [-0.1, -0.05) is 0 Å². The molecule has 0 aromatic heterocycles. The Morgan fingerprint density at radius 1 is 1.40 bits per heavy atom. The van der Waals surface area contributed by atoms with E-state index in [4.69, 9.17) is 5.26 Å². The van der Waals surface area contributed by atoms with Crippen LogP contribution < -0.4 is 10.0 Å². The molecule has 0 aliphatic heterocycles. The van der Waals surface area contributed by atoms with E-state index in [2.05, 4.69) is 10.0 Å². The van der Waals surface area contributed by atoms with Gasteiger partial charge in [0.1, 0.15) is 5.69 Å². The zero-order valence-electron chi connectivity index (χ0n) is 10.8. The van der Waals surface area contributed by atoms with Crippen molar-refractivity contribution in [2.24, 2.45) is 0 Å². The van der Waals surface area contributed by atoms with Gasteiger partial charge in [0.2, 0.25) is 10.0 Å². The van der Waals surface area contributed by atoms with Crippen molar-refractivity contribution in [2.75, 3.05) is 24.7 Å².